The number of rotatable bonds is 5. The predicted octanol–water partition coefficient (Wildman–Crippen LogP) is -0.0716. The van der Waals surface area contributed by atoms with Crippen molar-refractivity contribution < 1.29 is 9.53 Å². The van der Waals surface area contributed by atoms with Crippen molar-refractivity contribution in [2.45, 2.75) is 17.5 Å². The van der Waals surface area contributed by atoms with Crippen molar-refractivity contribution in [2.75, 3.05) is 7.11 Å². The number of ether oxygens (including phenoxy) is 1. The summed E-state index contributed by atoms with van der Waals surface area (Å²) >= 11 is 1.35. The first-order valence-electron chi connectivity index (χ1n) is 5.01. The minimum absolute atomic E-state index is 0.0124. The second kappa shape index (κ2) is 6.05. The van der Waals surface area contributed by atoms with Crippen LogP contribution in [0.2, 0.25) is 0 Å². The van der Waals surface area contributed by atoms with Crippen molar-refractivity contribution >= 4 is 17.7 Å². The van der Waals surface area contributed by atoms with Crippen molar-refractivity contribution in [3.05, 3.63) is 24.3 Å². The molecule has 0 radical (unpaired) electrons. The van der Waals surface area contributed by atoms with Crippen LogP contribution in [0.5, 0.6) is 0 Å². The maximum Gasteiger partial charge on any atom is 0.327 e. The van der Waals surface area contributed by atoms with Gasteiger partial charge in [0.15, 0.2) is 0 Å². The number of carbonyl (C=O) groups excluding carboxylic acids is 1. The molecular weight excluding hydrogens is 256 g/mol. The lowest BCUT2D eigenvalue weighted by atomic mass is 10.6. The standard InChI is InChI=1S/C9H10N6O2S/c1-17-8(16)5-15-9(12-13-14-15)18-6-7-10-3-2-4-11-7/h2-4H,5-6H2,1H3. The lowest BCUT2D eigenvalue weighted by Gasteiger charge is -2.02. The van der Waals surface area contributed by atoms with Crippen LogP contribution in [0.3, 0.4) is 0 Å². The fourth-order valence-electron chi connectivity index (χ4n) is 1.12. The summed E-state index contributed by atoms with van der Waals surface area (Å²) in [7, 11) is 1.32. The van der Waals surface area contributed by atoms with E-state index in [2.05, 4.69) is 30.2 Å². The molecule has 94 valence electrons. The Kier molecular flexibility index (Phi) is 4.18. The zero-order valence-electron chi connectivity index (χ0n) is 9.55. The number of methoxy groups -OCH3 is 1. The van der Waals surface area contributed by atoms with Crippen LogP contribution in [0.4, 0.5) is 0 Å². The van der Waals surface area contributed by atoms with Crippen LogP contribution in [0.25, 0.3) is 0 Å². The summed E-state index contributed by atoms with van der Waals surface area (Å²) in [6.07, 6.45) is 3.33. The maximum absolute atomic E-state index is 11.1. The number of nitrogens with zero attached hydrogens (tertiary/aromatic N) is 6. The molecule has 2 rings (SSSR count). The lowest BCUT2D eigenvalue weighted by molar-refractivity contribution is -0.141. The Bertz CT molecular complexity index is 517. The molecule has 2 heterocycles. The molecule has 0 atom stereocenters. The fourth-order valence-corrected chi connectivity index (χ4v) is 1.87. The second-order valence-electron chi connectivity index (χ2n) is 3.15. The van der Waals surface area contributed by atoms with Crippen molar-refractivity contribution in [2.24, 2.45) is 0 Å². The highest BCUT2D eigenvalue weighted by molar-refractivity contribution is 7.98. The van der Waals surface area contributed by atoms with Crippen molar-refractivity contribution in [1.29, 1.82) is 0 Å². The Balaban J connectivity index is 1.98. The third-order valence-electron chi connectivity index (χ3n) is 1.96. The van der Waals surface area contributed by atoms with Gasteiger partial charge in [0.05, 0.1) is 12.9 Å². The molecule has 18 heavy (non-hydrogen) atoms. The molecule has 0 amide bonds. The molecule has 0 N–H and O–H groups in total. The lowest BCUT2D eigenvalue weighted by Crippen LogP contribution is -2.13. The van der Waals surface area contributed by atoms with Crippen LogP contribution in [0.1, 0.15) is 5.82 Å². The van der Waals surface area contributed by atoms with Gasteiger partial charge in [-0.1, -0.05) is 11.8 Å². The molecule has 0 saturated heterocycles. The summed E-state index contributed by atoms with van der Waals surface area (Å²) in [6, 6.07) is 1.75. The molecule has 0 saturated carbocycles. The zero-order chi connectivity index (χ0) is 12.8. The summed E-state index contributed by atoms with van der Waals surface area (Å²) in [6.45, 7) is -0.0124. The molecule has 0 fully saturated rings. The zero-order valence-corrected chi connectivity index (χ0v) is 10.4. The van der Waals surface area contributed by atoms with E-state index in [4.69, 9.17) is 0 Å². The number of carbonyl (C=O) groups is 1. The van der Waals surface area contributed by atoms with Gasteiger partial charge in [0.25, 0.3) is 0 Å². The van der Waals surface area contributed by atoms with Crippen LogP contribution in [0, 0.1) is 0 Å². The molecule has 0 aliphatic heterocycles. The van der Waals surface area contributed by atoms with Gasteiger partial charge in [0, 0.05) is 12.4 Å². The van der Waals surface area contributed by atoms with E-state index in [1.165, 1.54) is 23.6 Å². The predicted molar refractivity (Wildman–Crippen MR) is 61.4 cm³/mol. The number of hydrogen-bond acceptors (Lipinski definition) is 8. The van der Waals surface area contributed by atoms with E-state index in [9.17, 15) is 4.79 Å². The van der Waals surface area contributed by atoms with Gasteiger partial charge in [-0.15, -0.1) is 5.10 Å². The summed E-state index contributed by atoms with van der Waals surface area (Å²) in [5, 5.41) is 11.6. The summed E-state index contributed by atoms with van der Waals surface area (Å²) in [5.74, 6) is 0.804. The number of hydrogen-bond donors (Lipinski definition) is 0. The van der Waals surface area contributed by atoms with Gasteiger partial charge in [-0.25, -0.2) is 14.6 Å². The van der Waals surface area contributed by atoms with Crippen molar-refractivity contribution in [3.8, 4) is 0 Å². The first-order valence-corrected chi connectivity index (χ1v) is 6.00. The first kappa shape index (κ1) is 12.4. The molecule has 0 aliphatic rings. The molecule has 9 heteroatoms. The molecule has 2 aromatic rings. The average Bonchev–Trinajstić information content (AvgIpc) is 2.84. The van der Waals surface area contributed by atoms with E-state index >= 15 is 0 Å². The molecule has 8 nitrogen and oxygen atoms in total. The van der Waals surface area contributed by atoms with E-state index < -0.39 is 5.97 Å². The number of aromatic nitrogens is 6. The highest BCUT2D eigenvalue weighted by atomic mass is 32.2. The van der Waals surface area contributed by atoms with Gasteiger partial charge < -0.3 is 4.74 Å². The third kappa shape index (κ3) is 3.23. The first-order chi connectivity index (χ1) is 8.79. The van der Waals surface area contributed by atoms with Gasteiger partial charge in [0.2, 0.25) is 5.16 Å². The second-order valence-corrected chi connectivity index (χ2v) is 4.09. The highest BCUT2D eigenvalue weighted by Crippen LogP contribution is 2.17. The Morgan fingerprint density at radius 2 is 2.22 bits per heavy atom. The Morgan fingerprint density at radius 3 is 2.94 bits per heavy atom. The van der Waals surface area contributed by atoms with Crippen LogP contribution < -0.4 is 0 Å². The largest absolute Gasteiger partial charge is 0.468 e. The number of thioether (sulfide) groups is 1. The van der Waals surface area contributed by atoms with Crippen LogP contribution in [-0.4, -0.2) is 43.3 Å². The van der Waals surface area contributed by atoms with E-state index in [0.29, 0.717) is 16.7 Å². The van der Waals surface area contributed by atoms with Crippen LogP contribution >= 0.6 is 11.8 Å². The van der Waals surface area contributed by atoms with Gasteiger partial charge in [-0.2, -0.15) is 0 Å². The fraction of sp³-hybridized carbons (Fsp3) is 0.333. The van der Waals surface area contributed by atoms with Crippen LogP contribution in [0.15, 0.2) is 23.6 Å². The van der Waals surface area contributed by atoms with E-state index in [-0.39, 0.29) is 6.54 Å². The summed E-state index contributed by atoms with van der Waals surface area (Å²) in [4.78, 5) is 19.3. The van der Waals surface area contributed by atoms with Gasteiger partial charge in [-0.05, 0) is 16.5 Å². The van der Waals surface area contributed by atoms with Gasteiger partial charge in [-0.3, -0.25) is 4.79 Å². The summed E-state index contributed by atoms with van der Waals surface area (Å²) < 4.78 is 5.93. The van der Waals surface area contributed by atoms with Crippen molar-refractivity contribution in [1.82, 2.24) is 30.2 Å². The Hall–Kier alpha value is -2.03. The van der Waals surface area contributed by atoms with Crippen molar-refractivity contribution in [3.63, 3.8) is 0 Å². The topological polar surface area (TPSA) is 95.7 Å². The smallest absolute Gasteiger partial charge is 0.327 e. The maximum atomic E-state index is 11.1. The molecule has 0 aliphatic carbocycles. The minimum Gasteiger partial charge on any atom is -0.468 e. The molecule has 2 aromatic heterocycles. The average molecular weight is 266 g/mol. The highest BCUT2D eigenvalue weighted by Gasteiger charge is 2.11. The van der Waals surface area contributed by atoms with E-state index in [0.717, 1.165) is 0 Å². The minimum atomic E-state index is -0.403. The third-order valence-corrected chi connectivity index (χ3v) is 2.91. The summed E-state index contributed by atoms with van der Waals surface area (Å²) in [5.41, 5.74) is 0. The molecule has 0 unspecified atom stereocenters. The van der Waals surface area contributed by atoms with Crippen LogP contribution in [-0.2, 0) is 21.8 Å². The normalized spacial score (nSPS) is 10.3. The Labute approximate surface area is 107 Å². The van der Waals surface area contributed by atoms with Gasteiger partial charge >= 0.3 is 5.97 Å². The molecule has 0 bridgehead atoms. The Morgan fingerprint density at radius 1 is 1.44 bits per heavy atom. The number of tetrazole rings is 1. The molecule has 0 spiro atoms. The van der Waals surface area contributed by atoms with Gasteiger partial charge in [0.1, 0.15) is 12.4 Å². The molecule has 0 aromatic carbocycles. The molecular formula is C9H10N6O2S. The quantitative estimate of drug-likeness (QED) is 0.548. The monoisotopic (exact) mass is 266 g/mol. The van der Waals surface area contributed by atoms with E-state index in [1.807, 2.05) is 0 Å². The SMILES string of the molecule is COC(=O)Cn1nnnc1SCc1ncccn1. The number of esters is 1. The van der Waals surface area contributed by atoms with E-state index in [1.54, 1.807) is 18.5 Å².